The minimum atomic E-state index is -0.312. The van der Waals surface area contributed by atoms with E-state index >= 15 is 0 Å². The first-order chi connectivity index (χ1) is 13.0. The zero-order valence-corrected chi connectivity index (χ0v) is 15.5. The highest BCUT2D eigenvalue weighted by Gasteiger charge is 2.60. The van der Waals surface area contributed by atoms with Gasteiger partial charge in [0.25, 0.3) is 0 Å². The van der Waals surface area contributed by atoms with Gasteiger partial charge in [0.1, 0.15) is 5.82 Å². The topological polar surface area (TPSA) is 29.1 Å². The lowest BCUT2D eigenvalue weighted by Gasteiger charge is -2.20. The van der Waals surface area contributed by atoms with E-state index in [1.807, 2.05) is 0 Å². The molecule has 1 saturated carbocycles. The van der Waals surface area contributed by atoms with Crippen LogP contribution in [0.4, 0.5) is 10.1 Å². The van der Waals surface area contributed by atoms with E-state index in [9.17, 15) is 9.18 Å². The fourth-order valence-electron chi connectivity index (χ4n) is 3.99. The Hall–Kier alpha value is -2.94. The highest BCUT2D eigenvalue weighted by Crippen LogP contribution is 2.59. The molecule has 3 aromatic carbocycles. The second-order valence-corrected chi connectivity index (χ2v) is 7.46. The molecule has 136 valence electrons. The molecule has 1 amide bonds. The lowest BCUT2D eigenvalue weighted by atomic mass is 9.84. The molecule has 2 nitrogen and oxygen atoms in total. The summed E-state index contributed by atoms with van der Waals surface area (Å²) >= 11 is 0. The Kier molecular flexibility index (Phi) is 4.31. The second-order valence-electron chi connectivity index (χ2n) is 7.46. The van der Waals surface area contributed by atoms with Gasteiger partial charge in [-0.25, -0.2) is 4.39 Å². The third-order valence-corrected chi connectivity index (χ3v) is 5.46. The van der Waals surface area contributed by atoms with Crippen molar-refractivity contribution in [2.24, 2.45) is 5.92 Å². The largest absolute Gasteiger partial charge is 0.326 e. The minimum absolute atomic E-state index is 0.0235. The van der Waals surface area contributed by atoms with Crippen molar-refractivity contribution in [3.63, 3.8) is 0 Å². The molecule has 0 saturated heterocycles. The molecule has 0 aliphatic heterocycles. The summed E-state index contributed by atoms with van der Waals surface area (Å²) in [7, 11) is 0. The summed E-state index contributed by atoms with van der Waals surface area (Å²) in [6.45, 7) is 4.15. The highest BCUT2D eigenvalue weighted by molar-refractivity contribution is 5.97. The van der Waals surface area contributed by atoms with Crippen LogP contribution in [-0.4, -0.2) is 5.91 Å². The van der Waals surface area contributed by atoms with Gasteiger partial charge in [-0.05, 0) is 55.7 Å². The van der Waals surface area contributed by atoms with Crippen molar-refractivity contribution in [3.8, 4) is 0 Å². The maximum absolute atomic E-state index is 13.1. The summed E-state index contributed by atoms with van der Waals surface area (Å²) in [5, 5.41) is 2.95. The van der Waals surface area contributed by atoms with Crippen molar-refractivity contribution in [1.82, 2.24) is 0 Å². The molecule has 1 atom stereocenters. The van der Waals surface area contributed by atoms with Crippen LogP contribution >= 0.6 is 0 Å². The van der Waals surface area contributed by atoms with Gasteiger partial charge in [-0.2, -0.15) is 0 Å². The van der Waals surface area contributed by atoms with Crippen molar-refractivity contribution in [1.29, 1.82) is 0 Å². The molecule has 3 heteroatoms. The standard InChI is InChI=1S/C24H22FNO/c1-16-5-3-7-18(13-16)24(19-8-4-6-17(2)14-19)15-22(24)23(27)26-21-11-9-20(25)10-12-21/h3-14,22H,15H2,1-2H3,(H,26,27). The lowest BCUT2D eigenvalue weighted by Crippen LogP contribution is -2.22. The number of amides is 1. The molecule has 1 fully saturated rings. The third kappa shape index (κ3) is 3.25. The van der Waals surface area contributed by atoms with Gasteiger partial charge >= 0.3 is 0 Å². The van der Waals surface area contributed by atoms with Gasteiger partial charge in [-0.15, -0.1) is 0 Å². The number of anilines is 1. The molecule has 1 aliphatic rings. The van der Waals surface area contributed by atoms with Crippen LogP contribution in [0, 0.1) is 25.6 Å². The average molecular weight is 359 g/mol. The Bertz CT molecular complexity index is 948. The first-order valence-electron chi connectivity index (χ1n) is 9.20. The van der Waals surface area contributed by atoms with Gasteiger partial charge in [0.15, 0.2) is 0 Å². The number of aryl methyl sites for hydroxylation is 2. The van der Waals surface area contributed by atoms with Crippen molar-refractivity contribution >= 4 is 11.6 Å². The quantitative estimate of drug-likeness (QED) is 0.665. The van der Waals surface area contributed by atoms with Crippen molar-refractivity contribution in [2.75, 3.05) is 5.32 Å². The molecule has 0 spiro atoms. The number of rotatable bonds is 4. The van der Waals surface area contributed by atoms with E-state index in [2.05, 4.69) is 67.7 Å². The van der Waals surface area contributed by atoms with Crippen molar-refractivity contribution < 1.29 is 9.18 Å². The minimum Gasteiger partial charge on any atom is -0.326 e. The van der Waals surface area contributed by atoms with E-state index in [-0.39, 0.29) is 23.1 Å². The molecule has 0 heterocycles. The Morgan fingerprint density at radius 1 is 0.926 bits per heavy atom. The third-order valence-electron chi connectivity index (χ3n) is 5.46. The first-order valence-corrected chi connectivity index (χ1v) is 9.20. The van der Waals surface area contributed by atoms with Crippen LogP contribution in [0.25, 0.3) is 0 Å². The summed E-state index contributed by atoms with van der Waals surface area (Å²) in [6.07, 6.45) is 0.771. The average Bonchev–Trinajstić information content (AvgIpc) is 3.41. The number of hydrogen-bond donors (Lipinski definition) is 1. The number of benzene rings is 3. The van der Waals surface area contributed by atoms with E-state index < -0.39 is 0 Å². The molecule has 3 aromatic rings. The Morgan fingerprint density at radius 3 is 2.00 bits per heavy atom. The molecule has 27 heavy (non-hydrogen) atoms. The van der Waals surface area contributed by atoms with Gasteiger partial charge in [0.2, 0.25) is 5.91 Å². The van der Waals surface area contributed by atoms with Crippen LogP contribution in [-0.2, 0) is 10.2 Å². The van der Waals surface area contributed by atoms with E-state index in [1.54, 1.807) is 12.1 Å². The van der Waals surface area contributed by atoms with Crippen LogP contribution in [0.1, 0.15) is 28.7 Å². The van der Waals surface area contributed by atoms with Gasteiger partial charge < -0.3 is 5.32 Å². The van der Waals surface area contributed by atoms with Crippen molar-refractivity contribution in [3.05, 3.63) is 101 Å². The molecule has 1 aliphatic carbocycles. The van der Waals surface area contributed by atoms with Crippen molar-refractivity contribution in [2.45, 2.75) is 25.7 Å². The molecule has 1 unspecified atom stereocenters. The molecular weight excluding hydrogens is 337 g/mol. The first kappa shape index (κ1) is 17.5. The maximum Gasteiger partial charge on any atom is 0.228 e. The lowest BCUT2D eigenvalue weighted by molar-refractivity contribution is -0.117. The van der Waals surface area contributed by atoms with Crippen LogP contribution < -0.4 is 5.32 Å². The number of hydrogen-bond acceptors (Lipinski definition) is 1. The number of carbonyl (C=O) groups is 1. The molecule has 1 N–H and O–H groups in total. The zero-order chi connectivity index (χ0) is 19.0. The summed E-state index contributed by atoms with van der Waals surface area (Å²) in [5.41, 5.74) is 5.03. The van der Waals surface area contributed by atoms with E-state index in [0.29, 0.717) is 5.69 Å². The number of carbonyl (C=O) groups excluding carboxylic acids is 1. The van der Waals surface area contributed by atoms with Crippen LogP contribution in [0.15, 0.2) is 72.8 Å². The van der Waals surface area contributed by atoms with Gasteiger partial charge in [0.05, 0.1) is 5.92 Å². The van der Waals surface area contributed by atoms with Crippen LogP contribution in [0.5, 0.6) is 0 Å². The molecular formula is C24H22FNO. The zero-order valence-electron chi connectivity index (χ0n) is 15.5. The molecule has 0 radical (unpaired) electrons. The van der Waals surface area contributed by atoms with E-state index in [1.165, 1.54) is 34.4 Å². The smallest absolute Gasteiger partial charge is 0.228 e. The van der Waals surface area contributed by atoms with Gasteiger partial charge in [-0.3, -0.25) is 4.79 Å². The predicted octanol–water partition coefficient (Wildman–Crippen LogP) is 5.39. The Balaban J connectivity index is 1.69. The fourth-order valence-corrected chi connectivity index (χ4v) is 3.99. The summed E-state index contributed by atoms with van der Waals surface area (Å²) in [4.78, 5) is 13.0. The van der Waals surface area contributed by atoms with E-state index in [4.69, 9.17) is 0 Å². The summed E-state index contributed by atoms with van der Waals surface area (Å²) in [5.74, 6) is -0.482. The number of nitrogens with one attached hydrogen (secondary N) is 1. The summed E-state index contributed by atoms with van der Waals surface area (Å²) < 4.78 is 13.1. The highest BCUT2D eigenvalue weighted by atomic mass is 19.1. The van der Waals surface area contributed by atoms with Gasteiger partial charge in [0, 0.05) is 11.1 Å². The summed E-state index contributed by atoms with van der Waals surface area (Å²) in [6, 6.07) is 22.7. The molecule has 0 bridgehead atoms. The van der Waals surface area contributed by atoms with Crippen LogP contribution in [0.2, 0.25) is 0 Å². The SMILES string of the molecule is Cc1cccc(C2(c3cccc(C)c3)CC2C(=O)Nc2ccc(F)cc2)c1. The molecule has 0 aromatic heterocycles. The molecule has 4 rings (SSSR count). The Morgan fingerprint density at radius 2 is 1.48 bits per heavy atom. The van der Waals surface area contributed by atoms with Gasteiger partial charge in [-0.1, -0.05) is 59.7 Å². The normalized spacial score (nSPS) is 17.4. The maximum atomic E-state index is 13.1. The van der Waals surface area contributed by atoms with E-state index in [0.717, 1.165) is 6.42 Å². The number of halogens is 1. The monoisotopic (exact) mass is 359 g/mol. The fraction of sp³-hybridized carbons (Fsp3) is 0.208. The van der Waals surface area contributed by atoms with Crippen LogP contribution in [0.3, 0.4) is 0 Å². The predicted molar refractivity (Wildman–Crippen MR) is 106 cm³/mol. The Labute approximate surface area is 159 Å². The second kappa shape index (κ2) is 6.66.